The number of nitrogens with zero attached hydrogens (tertiary/aromatic N) is 1. The summed E-state index contributed by atoms with van der Waals surface area (Å²) in [4.78, 5) is 0.164. The van der Waals surface area contributed by atoms with E-state index in [4.69, 9.17) is 4.74 Å². The van der Waals surface area contributed by atoms with Gasteiger partial charge in [0.15, 0.2) is 0 Å². The third-order valence-corrected chi connectivity index (χ3v) is 5.86. The molecule has 0 aliphatic carbocycles. The fourth-order valence-corrected chi connectivity index (χ4v) is 4.51. The van der Waals surface area contributed by atoms with Crippen LogP contribution in [0.3, 0.4) is 0 Å². The van der Waals surface area contributed by atoms with E-state index in [1.807, 2.05) is 30.3 Å². The number of hydrogen-bond donors (Lipinski definition) is 2. The van der Waals surface area contributed by atoms with Crippen molar-refractivity contribution in [3.05, 3.63) is 35.7 Å². The van der Waals surface area contributed by atoms with E-state index in [1.54, 1.807) is 0 Å². The van der Waals surface area contributed by atoms with E-state index in [9.17, 15) is 13.5 Å². The number of aliphatic hydroxyl groups is 1. The summed E-state index contributed by atoms with van der Waals surface area (Å²) in [5, 5.41) is 10.9. The monoisotopic (exact) mass is 340 g/mol. The molecule has 0 bridgehead atoms. The topological polar surface area (TPSA) is 88.5 Å². The van der Waals surface area contributed by atoms with Crippen molar-refractivity contribution >= 4 is 21.6 Å². The Hall–Kier alpha value is -1.32. The molecule has 1 aliphatic rings. The molecule has 0 amide bonds. The van der Waals surface area contributed by atoms with Crippen LogP contribution >= 0.6 is 11.5 Å². The second kappa shape index (κ2) is 6.05. The molecule has 6 nitrogen and oxygen atoms in total. The first-order valence-corrected chi connectivity index (χ1v) is 9.06. The lowest BCUT2D eigenvalue weighted by atomic mass is 9.87. The SMILES string of the molecule is O=S(=O)(NCC1(CO)COC1)c1csnc1-c1ccccc1. The minimum atomic E-state index is -3.68. The highest BCUT2D eigenvalue weighted by atomic mass is 32.2. The molecule has 0 radical (unpaired) electrons. The van der Waals surface area contributed by atoms with E-state index in [2.05, 4.69) is 9.10 Å². The Morgan fingerprint density at radius 2 is 2.05 bits per heavy atom. The van der Waals surface area contributed by atoms with Crippen LogP contribution in [-0.2, 0) is 14.8 Å². The second-order valence-electron chi connectivity index (χ2n) is 5.37. The normalized spacial score (nSPS) is 17.1. The molecule has 2 aromatic rings. The van der Waals surface area contributed by atoms with E-state index >= 15 is 0 Å². The molecule has 1 aliphatic heterocycles. The van der Waals surface area contributed by atoms with Crippen molar-refractivity contribution in [1.29, 1.82) is 0 Å². The van der Waals surface area contributed by atoms with Crippen LogP contribution in [-0.4, -0.2) is 44.3 Å². The van der Waals surface area contributed by atoms with Crippen molar-refractivity contribution in [3.63, 3.8) is 0 Å². The van der Waals surface area contributed by atoms with Crippen molar-refractivity contribution in [2.45, 2.75) is 4.90 Å². The highest BCUT2D eigenvalue weighted by Gasteiger charge is 2.39. The number of aliphatic hydroxyl groups excluding tert-OH is 1. The fourth-order valence-electron chi connectivity index (χ4n) is 2.18. The Morgan fingerprint density at radius 3 is 2.64 bits per heavy atom. The van der Waals surface area contributed by atoms with Gasteiger partial charge in [0.25, 0.3) is 0 Å². The molecule has 3 rings (SSSR count). The van der Waals surface area contributed by atoms with Crippen molar-refractivity contribution in [1.82, 2.24) is 9.10 Å². The summed E-state index contributed by atoms with van der Waals surface area (Å²) in [5.41, 5.74) is 0.692. The van der Waals surface area contributed by atoms with Gasteiger partial charge < -0.3 is 9.84 Å². The minimum absolute atomic E-state index is 0.108. The lowest BCUT2D eigenvalue weighted by molar-refractivity contribution is -0.132. The van der Waals surface area contributed by atoms with E-state index in [-0.39, 0.29) is 18.0 Å². The summed E-state index contributed by atoms with van der Waals surface area (Å²) in [7, 11) is -3.68. The third-order valence-electron chi connectivity index (χ3n) is 3.66. The zero-order valence-corrected chi connectivity index (χ0v) is 13.4. The molecular formula is C14H16N2O4S2. The van der Waals surface area contributed by atoms with Crippen LogP contribution in [0.5, 0.6) is 0 Å². The third kappa shape index (κ3) is 2.92. The molecule has 0 atom stereocenters. The minimum Gasteiger partial charge on any atom is -0.396 e. The van der Waals surface area contributed by atoms with Crippen molar-refractivity contribution < 1.29 is 18.3 Å². The molecule has 1 fully saturated rings. The molecule has 2 N–H and O–H groups in total. The smallest absolute Gasteiger partial charge is 0.243 e. The van der Waals surface area contributed by atoms with Crippen LogP contribution in [0.2, 0.25) is 0 Å². The van der Waals surface area contributed by atoms with Crippen LogP contribution in [0.25, 0.3) is 11.3 Å². The standard InChI is InChI=1S/C14H16N2O4S2/c17-8-14(9-20-10-14)7-15-22(18,19)12-6-21-16-13(12)11-4-2-1-3-5-11/h1-6,15,17H,7-10H2. The van der Waals surface area contributed by atoms with Gasteiger partial charge in [0, 0.05) is 17.5 Å². The van der Waals surface area contributed by atoms with E-state index in [0.717, 1.165) is 17.1 Å². The van der Waals surface area contributed by atoms with Crippen molar-refractivity contribution in [3.8, 4) is 11.3 Å². The molecule has 0 spiro atoms. The summed E-state index contributed by atoms with van der Waals surface area (Å²) in [6, 6.07) is 9.19. The first-order valence-electron chi connectivity index (χ1n) is 6.74. The Balaban J connectivity index is 1.83. The Labute approximate surface area is 133 Å². The summed E-state index contributed by atoms with van der Waals surface area (Å²) in [6.07, 6.45) is 0. The van der Waals surface area contributed by atoms with Crippen LogP contribution < -0.4 is 4.72 Å². The maximum atomic E-state index is 12.5. The van der Waals surface area contributed by atoms with Gasteiger partial charge in [-0.1, -0.05) is 30.3 Å². The molecule has 8 heteroatoms. The van der Waals surface area contributed by atoms with Crippen LogP contribution in [0.4, 0.5) is 0 Å². The van der Waals surface area contributed by atoms with Gasteiger partial charge in [-0.2, -0.15) is 4.37 Å². The van der Waals surface area contributed by atoms with Gasteiger partial charge >= 0.3 is 0 Å². The number of aromatic nitrogens is 1. The Morgan fingerprint density at radius 1 is 1.32 bits per heavy atom. The lowest BCUT2D eigenvalue weighted by Crippen LogP contribution is -2.53. The summed E-state index contributed by atoms with van der Waals surface area (Å²) in [5.74, 6) is 0. The molecule has 22 heavy (non-hydrogen) atoms. The maximum absolute atomic E-state index is 12.5. The van der Waals surface area contributed by atoms with E-state index < -0.39 is 15.4 Å². The van der Waals surface area contributed by atoms with E-state index in [0.29, 0.717) is 18.9 Å². The summed E-state index contributed by atoms with van der Waals surface area (Å²) >= 11 is 1.10. The molecule has 1 saturated heterocycles. The predicted octanol–water partition coefficient (Wildman–Crippen LogP) is 1.10. The Kier molecular flexibility index (Phi) is 4.28. The summed E-state index contributed by atoms with van der Waals surface area (Å²) in [6.45, 7) is 0.762. The summed E-state index contributed by atoms with van der Waals surface area (Å²) < 4.78 is 36.9. The predicted molar refractivity (Wildman–Crippen MR) is 83.1 cm³/mol. The van der Waals surface area contributed by atoms with Gasteiger partial charge in [-0.3, -0.25) is 0 Å². The zero-order valence-electron chi connectivity index (χ0n) is 11.7. The number of ether oxygens (including phenoxy) is 1. The van der Waals surface area contributed by atoms with Crippen LogP contribution in [0.15, 0.2) is 40.6 Å². The molecule has 0 unspecified atom stereocenters. The first-order chi connectivity index (χ1) is 10.6. The number of hydrogen-bond acceptors (Lipinski definition) is 6. The number of benzene rings is 1. The highest BCUT2D eigenvalue weighted by molar-refractivity contribution is 7.89. The number of sulfonamides is 1. The number of rotatable bonds is 6. The van der Waals surface area contributed by atoms with Gasteiger partial charge in [-0.15, -0.1) is 0 Å². The first kappa shape index (κ1) is 15.6. The largest absolute Gasteiger partial charge is 0.396 e. The molecule has 0 saturated carbocycles. The maximum Gasteiger partial charge on any atom is 0.243 e. The molecule has 118 valence electrons. The van der Waals surface area contributed by atoms with Crippen LogP contribution in [0, 0.1) is 5.41 Å². The molecular weight excluding hydrogens is 324 g/mol. The molecule has 1 aromatic heterocycles. The van der Waals surface area contributed by atoms with Crippen molar-refractivity contribution in [2.75, 3.05) is 26.4 Å². The second-order valence-corrected chi connectivity index (χ2v) is 7.73. The number of nitrogens with one attached hydrogen (secondary N) is 1. The van der Waals surface area contributed by atoms with Gasteiger partial charge in [-0.25, -0.2) is 13.1 Å². The fraction of sp³-hybridized carbons (Fsp3) is 0.357. The van der Waals surface area contributed by atoms with Gasteiger partial charge in [-0.05, 0) is 11.5 Å². The van der Waals surface area contributed by atoms with Crippen molar-refractivity contribution in [2.24, 2.45) is 5.41 Å². The Bertz CT molecular complexity index is 734. The van der Waals surface area contributed by atoms with Gasteiger partial charge in [0.05, 0.1) is 25.2 Å². The van der Waals surface area contributed by atoms with Crippen LogP contribution in [0.1, 0.15) is 0 Å². The highest BCUT2D eigenvalue weighted by Crippen LogP contribution is 2.29. The lowest BCUT2D eigenvalue weighted by Gasteiger charge is -2.39. The van der Waals surface area contributed by atoms with Gasteiger partial charge in [0.2, 0.25) is 10.0 Å². The average molecular weight is 340 g/mol. The zero-order chi connectivity index (χ0) is 15.6. The average Bonchev–Trinajstić information content (AvgIpc) is 2.98. The van der Waals surface area contributed by atoms with Gasteiger partial charge in [0.1, 0.15) is 10.6 Å². The van der Waals surface area contributed by atoms with E-state index in [1.165, 1.54) is 5.38 Å². The molecule has 1 aromatic carbocycles. The molecule has 2 heterocycles. The quantitative estimate of drug-likeness (QED) is 0.822.